The minimum Gasteiger partial charge on any atom is -0.494 e. The van der Waals surface area contributed by atoms with Gasteiger partial charge in [0.1, 0.15) is 0 Å². The summed E-state index contributed by atoms with van der Waals surface area (Å²) in [5.41, 5.74) is 1.57. The van der Waals surface area contributed by atoms with Crippen LogP contribution in [-0.4, -0.2) is 22.0 Å². The first-order valence-corrected chi connectivity index (χ1v) is 6.17. The van der Waals surface area contributed by atoms with E-state index in [0.29, 0.717) is 12.0 Å². The molecule has 0 radical (unpaired) electrons. The predicted molar refractivity (Wildman–Crippen MR) is 69.5 cm³/mol. The first-order chi connectivity index (χ1) is 9.13. The molecule has 102 valence electrons. The molecule has 0 spiro atoms. The normalized spacial score (nSPS) is 12.4. The molecule has 0 aliphatic carbocycles. The van der Waals surface area contributed by atoms with E-state index in [1.165, 1.54) is 19.2 Å². The number of nitrogens with zero attached hydrogens (tertiary/aromatic N) is 2. The molecule has 0 amide bonds. The monoisotopic (exact) mass is 264 g/mol. The first-order valence-electron chi connectivity index (χ1n) is 6.17. The Morgan fingerprint density at radius 2 is 2.26 bits per heavy atom. The summed E-state index contributed by atoms with van der Waals surface area (Å²) in [5, 5.41) is 14.3. The molecule has 1 heterocycles. The molecule has 0 saturated heterocycles. The lowest BCUT2D eigenvalue weighted by Crippen LogP contribution is -2.02. The quantitative estimate of drug-likeness (QED) is 0.901. The standard InChI is InChI=1S/C14H17FN2O2/c1-3-17-9-10(8-16-17)6-13(18)11-4-5-12(15)14(7-11)19-2/h4-5,7-9,13,18H,3,6H2,1-2H3. The molecule has 0 bridgehead atoms. The average Bonchev–Trinajstić information content (AvgIpc) is 2.86. The second-order valence-electron chi connectivity index (χ2n) is 4.32. The number of ether oxygens (including phenoxy) is 1. The fourth-order valence-electron chi connectivity index (χ4n) is 1.91. The Labute approximate surface area is 111 Å². The van der Waals surface area contributed by atoms with E-state index in [4.69, 9.17) is 4.74 Å². The maximum Gasteiger partial charge on any atom is 0.165 e. The Balaban J connectivity index is 2.12. The lowest BCUT2D eigenvalue weighted by Gasteiger charge is -2.11. The fraction of sp³-hybridized carbons (Fsp3) is 0.357. The predicted octanol–water partition coefficient (Wildman–Crippen LogP) is 2.33. The van der Waals surface area contributed by atoms with Crippen LogP contribution in [0, 0.1) is 5.82 Å². The van der Waals surface area contributed by atoms with Gasteiger partial charge in [0.15, 0.2) is 11.6 Å². The summed E-state index contributed by atoms with van der Waals surface area (Å²) in [6, 6.07) is 4.38. The number of hydrogen-bond acceptors (Lipinski definition) is 3. The van der Waals surface area contributed by atoms with Gasteiger partial charge in [0.2, 0.25) is 0 Å². The highest BCUT2D eigenvalue weighted by Crippen LogP contribution is 2.24. The summed E-state index contributed by atoms with van der Waals surface area (Å²) in [5.74, 6) is -0.293. The van der Waals surface area contributed by atoms with E-state index in [-0.39, 0.29) is 5.75 Å². The number of aliphatic hydroxyl groups is 1. The van der Waals surface area contributed by atoms with Gasteiger partial charge >= 0.3 is 0 Å². The number of benzene rings is 1. The molecule has 0 aliphatic heterocycles. The highest BCUT2D eigenvalue weighted by Gasteiger charge is 2.13. The van der Waals surface area contributed by atoms with Gasteiger partial charge in [-0.15, -0.1) is 0 Å². The fourth-order valence-corrected chi connectivity index (χ4v) is 1.91. The topological polar surface area (TPSA) is 47.3 Å². The Morgan fingerprint density at radius 1 is 1.47 bits per heavy atom. The van der Waals surface area contributed by atoms with Gasteiger partial charge in [0.05, 0.1) is 19.4 Å². The van der Waals surface area contributed by atoms with Gasteiger partial charge in [-0.25, -0.2) is 4.39 Å². The zero-order valence-electron chi connectivity index (χ0n) is 11.0. The van der Waals surface area contributed by atoms with Crippen molar-refractivity contribution in [2.45, 2.75) is 26.0 Å². The molecule has 0 saturated carbocycles. The summed E-state index contributed by atoms with van der Waals surface area (Å²) in [4.78, 5) is 0. The number of aromatic nitrogens is 2. The van der Waals surface area contributed by atoms with Crippen LogP contribution in [0.1, 0.15) is 24.2 Å². The minimum atomic E-state index is -0.705. The van der Waals surface area contributed by atoms with Crippen molar-refractivity contribution in [1.82, 2.24) is 9.78 Å². The van der Waals surface area contributed by atoms with Crippen molar-refractivity contribution < 1.29 is 14.2 Å². The molecule has 19 heavy (non-hydrogen) atoms. The van der Waals surface area contributed by atoms with Crippen LogP contribution in [0.25, 0.3) is 0 Å². The van der Waals surface area contributed by atoms with Crippen LogP contribution >= 0.6 is 0 Å². The van der Waals surface area contributed by atoms with Crippen molar-refractivity contribution in [2.75, 3.05) is 7.11 Å². The van der Waals surface area contributed by atoms with E-state index in [0.717, 1.165) is 12.1 Å². The molecule has 5 heteroatoms. The molecule has 1 aromatic heterocycles. The number of methoxy groups -OCH3 is 1. The number of aliphatic hydroxyl groups excluding tert-OH is 1. The number of halogens is 1. The van der Waals surface area contributed by atoms with Crippen molar-refractivity contribution in [3.05, 3.63) is 47.5 Å². The number of hydrogen-bond donors (Lipinski definition) is 1. The maximum absolute atomic E-state index is 13.3. The molecule has 2 rings (SSSR count). The van der Waals surface area contributed by atoms with E-state index in [1.54, 1.807) is 16.9 Å². The third-order valence-corrected chi connectivity index (χ3v) is 3.00. The van der Waals surface area contributed by atoms with Crippen LogP contribution in [-0.2, 0) is 13.0 Å². The van der Waals surface area contributed by atoms with Gasteiger partial charge in [-0.3, -0.25) is 4.68 Å². The molecular weight excluding hydrogens is 247 g/mol. The molecule has 1 atom stereocenters. The lowest BCUT2D eigenvalue weighted by atomic mass is 10.0. The van der Waals surface area contributed by atoms with Crippen LogP contribution in [0.15, 0.2) is 30.6 Å². The molecular formula is C14H17FN2O2. The summed E-state index contributed by atoms with van der Waals surface area (Å²) in [7, 11) is 1.40. The second kappa shape index (κ2) is 5.84. The number of aryl methyl sites for hydroxylation is 1. The summed E-state index contributed by atoms with van der Waals surface area (Å²) in [6.07, 6.45) is 3.36. The van der Waals surface area contributed by atoms with Gasteiger partial charge in [-0.1, -0.05) is 6.07 Å². The highest BCUT2D eigenvalue weighted by atomic mass is 19.1. The third-order valence-electron chi connectivity index (χ3n) is 3.00. The molecule has 0 fully saturated rings. The summed E-state index contributed by atoms with van der Waals surface area (Å²) >= 11 is 0. The average molecular weight is 264 g/mol. The Kier molecular flexibility index (Phi) is 4.16. The molecule has 1 N–H and O–H groups in total. The molecule has 1 unspecified atom stereocenters. The SMILES string of the molecule is CCn1cc(CC(O)c2ccc(F)c(OC)c2)cn1. The summed E-state index contributed by atoms with van der Waals surface area (Å²) in [6.45, 7) is 2.79. The summed E-state index contributed by atoms with van der Waals surface area (Å²) < 4.78 is 20.0. The van der Waals surface area contributed by atoms with E-state index >= 15 is 0 Å². The van der Waals surface area contributed by atoms with E-state index in [1.807, 2.05) is 13.1 Å². The van der Waals surface area contributed by atoms with Gasteiger partial charge in [0.25, 0.3) is 0 Å². The molecule has 1 aromatic carbocycles. The van der Waals surface area contributed by atoms with Gasteiger partial charge < -0.3 is 9.84 Å². The Hall–Kier alpha value is -1.88. The number of rotatable bonds is 5. The zero-order chi connectivity index (χ0) is 13.8. The maximum atomic E-state index is 13.3. The minimum absolute atomic E-state index is 0.140. The van der Waals surface area contributed by atoms with Crippen LogP contribution < -0.4 is 4.74 Å². The van der Waals surface area contributed by atoms with Crippen LogP contribution in [0.3, 0.4) is 0 Å². The molecule has 0 aliphatic rings. The third kappa shape index (κ3) is 3.12. The first kappa shape index (κ1) is 13.5. The van der Waals surface area contributed by atoms with Gasteiger partial charge in [0, 0.05) is 19.2 Å². The van der Waals surface area contributed by atoms with E-state index in [2.05, 4.69) is 5.10 Å². The van der Waals surface area contributed by atoms with Crippen molar-refractivity contribution in [3.63, 3.8) is 0 Å². The lowest BCUT2D eigenvalue weighted by molar-refractivity contribution is 0.178. The van der Waals surface area contributed by atoms with Crippen molar-refractivity contribution >= 4 is 0 Å². The van der Waals surface area contributed by atoms with Gasteiger partial charge in [-0.05, 0) is 30.2 Å². The smallest absolute Gasteiger partial charge is 0.165 e. The van der Waals surface area contributed by atoms with Crippen LogP contribution in [0.4, 0.5) is 4.39 Å². The zero-order valence-corrected chi connectivity index (χ0v) is 11.0. The molecule has 4 nitrogen and oxygen atoms in total. The van der Waals surface area contributed by atoms with Crippen LogP contribution in [0.5, 0.6) is 5.75 Å². The van der Waals surface area contributed by atoms with Crippen molar-refractivity contribution in [2.24, 2.45) is 0 Å². The van der Waals surface area contributed by atoms with Crippen LogP contribution in [0.2, 0.25) is 0 Å². The Bertz CT molecular complexity index is 554. The Morgan fingerprint density at radius 3 is 2.89 bits per heavy atom. The van der Waals surface area contributed by atoms with E-state index in [9.17, 15) is 9.50 Å². The van der Waals surface area contributed by atoms with Gasteiger partial charge in [-0.2, -0.15) is 5.10 Å². The largest absolute Gasteiger partial charge is 0.494 e. The van der Waals surface area contributed by atoms with E-state index < -0.39 is 11.9 Å². The second-order valence-corrected chi connectivity index (χ2v) is 4.32. The molecule has 2 aromatic rings. The van der Waals surface area contributed by atoms with Crippen molar-refractivity contribution in [1.29, 1.82) is 0 Å². The highest BCUT2D eigenvalue weighted by molar-refractivity contribution is 5.32. The van der Waals surface area contributed by atoms with Crippen molar-refractivity contribution in [3.8, 4) is 5.75 Å².